The lowest BCUT2D eigenvalue weighted by Gasteiger charge is -2.15. The molecule has 14 heavy (non-hydrogen) atoms. The molecular weight excluding hydrogens is 220 g/mol. The fourth-order valence-corrected chi connectivity index (χ4v) is 3.18. The molecule has 0 saturated carbocycles. The molecule has 1 fully saturated rings. The molecule has 1 saturated heterocycles. The number of hydrogen-bond acceptors (Lipinski definition) is 5. The SMILES string of the molecule is OCC1CSCCOCCOCCS1. The van der Waals surface area contributed by atoms with Crippen molar-refractivity contribution in [1.29, 1.82) is 0 Å². The van der Waals surface area contributed by atoms with Gasteiger partial charge in [-0.1, -0.05) is 0 Å². The van der Waals surface area contributed by atoms with Crippen molar-refractivity contribution in [2.24, 2.45) is 0 Å². The Morgan fingerprint density at radius 1 is 1.07 bits per heavy atom. The molecule has 1 heterocycles. The van der Waals surface area contributed by atoms with E-state index in [4.69, 9.17) is 14.6 Å². The molecule has 0 aromatic carbocycles. The first kappa shape index (κ1) is 12.6. The Labute approximate surface area is 93.9 Å². The van der Waals surface area contributed by atoms with Gasteiger partial charge in [0.15, 0.2) is 0 Å². The van der Waals surface area contributed by atoms with Crippen LogP contribution >= 0.6 is 23.5 Å². The Hall–Kier alpha value is 0.580. The van der Waals surface area contributed by atoms with E-state index in [1.807, 2.05) is 11.8 Å². The van der Waals surface area contributed by atoms with Crippen LogP contribution in [0.5, 0.6) is 0 Å². The maximum atomic E-state index is 9.09. The highest BCUT2D eigenvalue weighted by molar-refractivity contribution is 8.03. The van der Waals surface area contributed by atoms with E-state index in [1.54, 1.807) is 11.8 Å². The minimum Gasteiger partial charge on any atom is -0.395 e. The molecule has 0 aliphatic carbocycles. The van der Waals surface area contributed by atoms with Crippen molar-refractivity contribution in [2.45, 2.75) is 5.25 Å². The number of aliphatic hydroxyl groups excluding tert-OH is 1. The third-order valence-corrected chi connectivity index (χ3v) is 4.33. The van der Waals surface area contributed by atoms with E-state index in [0.717, 1.165) is 30.5 Å². The van der Waals surface area contributed by atoms with Crippen LogP contribution < -0.4 is 0 Å². The van der Waals surface area contributed by atoms with E-state index in [2.05, 4.69) is 0 Å². The zero-order valence-electron chi connectivity index (χ0n) is 8.31. The van der Waals surface area contributed by atoms with Crippen molar-refractivity contribution in [3.63, 3.8) is 0 Å². The second-order valence-electron chi connectivity index (χ2n) is 2.98. The van der Waals surface area contributed by atoms with Gasteiger partial charge in [0, 0.05) is 22.5 Å². The van der Waals surface area contributed by atoms with Gasteiger partial charge in [0.25, 0.3) is 0 Å². The number of thioether (sulfide) groups is 2. The molecule has 0 radical (unpaired) electrons. The molecule has 1 atom stereocenters. The zero-order valence-corrected chi connectivity index (χ0v) is 9.95. The summed E-state index contributed by atoms with van der Waals surface area (Å²) in [5, 5.41) is 9.44. The molecule has 1 aliphatic heterocycles. The number of ether oxygens (including phenoxy) is 2. The van der Waals surface area contributed by atoms with Crippen molar-refractivity contribution >= 4 is 23.5 Å². The lowest BCUT2D eigenvalue weighted by molar-refractivity contribution is 0.0603. The molecule has 0 amide bonds. The minimum atomic E-state index is 0.262. The molecule has 1 N–H and O–H groups in total. The summed E-state index contributed by atoms with van der Waals surface area (Å²) in [7, 11) is 0. The molecule has 0 spiro atoms. The van der Waals surface area contributed by atoms with Gasteiger partial charge in [-0.2, -0.15) is 23.5 Å². The van der Waals surface area contributed by atoms with Crippen LogP contribution in [0.2, 0.25) is 0 Å². The molecule has 0 bridgehead atoms. The van der Waals surface area contributed by atoms with Gasteiger partial charge in [0.05, 0.1) is 33.0 Å². The Bertz CT molecular complexity index is 123. The molecular formula is C9H18O3S2. The van der Waals surface area contributed by atoms with Crippen LogP contribution in [0.15, 0.2) is 0 Å². The molecule has 0 aromatic heterocycles. The summed E-state index contributed by atoms with van der Waals surface area (Å²) >= 11 is 3.65. The zero-order chi connectivity index (χ0) is 10.1. The number of aliphatic hydroxyl groups is 1. The van der Waals surface area contributed by atoms with E-state index in [1.165, 1.54) is 0 Å². The van der Waals surface area contributed by atoms with Gasteiger partial charge >= 0.3 is 0 Å². The standard InChI is InChI=1S/C9H18O3S2/c10-7-9-8-13-5-3-11-1-2-12-4-6-14-9/h9-10H,1-8H2. The van der Waals surface area contributed by atoms with Gasteiger partial charge in [0.1, 0.15) is 0 Å². The summed E-state index contributed by atoms with van der Waals surface area (Å²) in [5.41, 5.74) is 0. The van der Waals surface area contributed by atoms with Crippen LogP contribution in [0, 0.1) is 0 Å². The second kappa shape index (κ2) is 8.85. The molecule has 0 aromatic rings. The van der Waals surface area contributed by atoms with Crippen LogP contribution in [0.1, 0.15) is 0 Å². The molecule has 1 aliphatic rings. The van der Waals surface area contributed by atoms with Crippen molar-refractivity contribution in [2.75, 3.05) is 50.3 Å². The average molecular weight is 238 g/mol. The fraction of sp³-hybridized carbons (Fsp3) is 1.00. The largest absolute Gasteiger partial charge is 0.395 e. The summed E-state index contributed by atoms with van der Waals surface area (Å²) in [6, 6.07) is 0. The van der Waals surface area contributed by atoms with E-state index < -0.39 is 0 Å². The fourth-order valence-electron chi connectivity index (χ4n) is 1.08. The normalized spacial score (nSPS) is 27.6. The summed E-state index contributed by atoms with van der Waals surface area (Å²) in [4.78, 5) is 0. The van der Waals surface area contributed by atoms with Crippen LogP contribution in [0.3, 0.4) is 0 Å². The van der Waals surface area contributed by atoms with Gasteiger partial charge in [-0.3, -0.25) is 0 Å². The van der Waals surface area contributed by atoms with Crippen molar-refractivity contribution in [3.05, 3.63) is 0 Å². The highest BCUT2D eigenvalue weighted by atomic mass is 32.2. The second-order valence-corrected chi connectivity index (χ2v) is 5.53. The number of rotatable bonds is 1. The van der Waals surface area contributed by atoms with E-state index in [9.17, 15) is 0 Å². The highest BCUT2D eigenvalue weighted by Gasteiger charge is 2.08. The Balaban J connectivity index is 2.17. The molecule has 84 valence electrons. The van der Waals surface area contributed by atoms with Crippen LogP contribution in [0.4, 0.5) is 0 Å². The Kier molecular flexibility index (Phi) is 8.00. The smallest absolute Gasteiger partial charge is 0.0700 e. The topological polar surface area (TPSA) is 38.7 Å². The highest BCUT2D eigenvalue weighted by Crippen LogP contribution is 2.16. The van der Waals surface area contributed by atoms with Crippen molar-refractivity contribution in [3.8, 4) is 0 Å². The molecule has 1 unspecified atom stereocenters. The lowest BCUT2D eigenvalue weighted by Crippen LogP contribution is -2.17. The first-order chi connectivity index (χ1) is 6.93. The third-order valence-electron chi connectivity index (χ3n) is 1.83. The van der Waals surface area contributed by atoms with Crippen molar-refractivity contribution in [1.82, 2.24) is 0 Å². The summed E-state index contributed by atoms with van der Waals surface area (Å²) in [6.45, 7) is 3.20. The molecule has 3 nitrogen and oxygen atoms in total. The summed E-state index contributed by atoms with van der Waals surface area (Å²) in [5.74, 6) is 2.98. The first-order valence-electron chi connectivity index (χ1n) is 4.89. The predicted octanol–water partition coefficient (Wildman–Crippen LogP) is 0.861. The molecule has 5 heteroatoms. The van der Waals surface area contributed by atoms with Gasteiger partial charge in [-0.25, -0.2) is 0 Å². The summed E-state index contributed by atoms with van der Waals surface area (Å²) < 4.78 is 10.7. The molecule has 1 rings (SSSR count). The van der Waals surface area contributed by atoms with Crippen LogP contribution in [-0.4, -0.2) is 60.6 Å². The first-order valence-corrected chi connectivity index (χ1v) is 7.09. The van der Waals surface area contributed by atoms with Gasteiger partial charge in [-0.05, 0) is 0 Å². The lowest BCUT2D eigenvalue weighted by atomic mass is 10.5. The van der Waals surface area contributed by atoms with E-state index in [0.29, 0.717) is 18.5 Å². The van der Waals surface area contributed by atoms with Gasteiger partial charge < -0.3 is 14.6 Å². The maximum absolute atomic E-state index is 9.09. The van der Waals surface area contributed by atoms with Crippen LogP contribution in [-0.2, 0) is 9.47 Å². The van der Waals surface area contributed by atoms with E-state index >= 15 is 0 Å². The predicted molar refractivity (Wildman–Crippen MR) is 62.3 cm³/mol. The van der Waals surface area contributed by atoms with Gasteiger partial charge in [0.2, 0.25) is 0 Å². The average Bonchev–Trinajstić information content (AvgIpc) is 2.19. The Morgan fingerprint density at radius 3 is 2.50 bits per heavy atom. The minimum absolute atomic E-state index is 0.262. The third kappa shape index (κ3) is 6.14. The maximum Gasteiger partial charge on any atom is 0.0700 e. The monoisotopic (exact) mass is 238 g/mol. The van der Waals surface area contributed by atoms with Crippen LogP contribution in [0.25, 0.3) is 0 Å². The van der Waals surface area contributed by atoms with E-state index in [-0.39, 0.29) is 6.61 Å². The summed E-state index contributed by atoms with van der Waals surface area (Å²) in [6.07, 6.45) is 0. The van der Waals surface area contributed by atoms with Crippen molar-refractivity contribution < 1.29 is 14.6 Å². The number of hydrogen-bond donors (Lipinski definition) is 1. The Morgan fingerprint density at radius 2 is 1.79 bits per heavy atom. The van der Waals surface area contributed by atoms with Gasteiger partial charge in [-0.15, -0.1) is 0 Å². The quantitative estimate of drug-likeness (QED) is 0.733.